The number of ether oxygens (including phenoxy) is 1. The van der Waals surface area contributed by atoms with Crippen molar-refractivity contribution in [2.75, 3.05) is 12.4 Å². The predicted octanol–water partition coefficient (Wildman–Crippen LogP) is 2.88. The van der Waals surface area contributed by atoms with Crippen molar-refractivity contribution >= 4 is 11.8 Å². The topological polar surface area (TPSA) is 47.3 Å². The second-order valence-corrected chi connectivity index (χ2v) is 6.46. The van der Waals surface area contributed by atoms with Gasteiger partial charge in [0.25, 0.3) is 0 Å². The fraction of sp³-hybridized carbons (Fsp3) is 0.571. The van der Waals surface area contributed by atoms with E-state index >= 15 is 0 Å². The smallest absolute Gasteiger partial charge is 0.124 e. The van der Waals surface area contributed by atoms with E-state index in [1.807, 2.05) is 36.9 Å². The van der Waals surface area contributed by atoms with E-state index in [2.05, 4.69) is 18.4 Å². The van der Waals surface area contributed by atoms with Crippen LogP contribution in [-0.2, 0) is 0 Å². The quantitative estimate of drug-likeness (QED) is 0.635. The van der Waals surface area contributed by atoms with Gasteiger partial charge in [-0.2, -0.15) is 11.8 Å². The van der Waals surface area contributed by atoms with Crippen molar-refractivity contribution in [3.63, 3.8) is 0 Å². The Morgan fingerprint density at radius 2 is 2.28 bits per heavy atom. The summed E-state index contributed by atoms with van der Waals surface area (Å²) in [6.45, 7) is 4.98. The number of para-hydroxylation sites is 1. The van der Waals surface area contributed by atoms with Crippen molar-refractivity contribution in [3.8, 4) is 5.75 Å². The van der Waals surface area contributed by atoms with Crippen LogP contribution >= 0.6 is 11.8 Å². The maximum atomic E-state index is 5.82. The maximum absolute atomic E-state index is 5.82. The predicted molar refractivity (Wildman–Crippen MR) is 77.8 cm³/mol. The van der Waals surface area contributed by atoms with Gasteiger partial charge in [0.05, 0.1) is 12.6 Å². The van der Waals surface area contributed by atoms with Gasteiger partial charge in [-0.15, -0.1) is 0 Å². The number of nitrogens with two attached hydrogens (primary N) is 1. The van der Waals surface area contributed by atoms with Crippen molar-refractivity contribution in [3.05, 3.63) is 29.8 Å². The van der Waals surface area contributed by atoms with E-state index in [0.717, 1.165) is 5.75 Å². The number of hydrogen-bond acceptors (Lipinski definition) is 4. The van der Waals surface area contributed by atoms with Gasteiger partial charge in [-0.3, -0.25) is 11.3 Å². The highest BCUT2D eigenvalue weighted by molar-refractivity contribution is 8.00. The molecule has 1 aromatic carbocycles. The standard InChI is InChI=1S/C14H22N2OS/c1-3-17-12-8-5-4-7-11(12)13(16-15)14(2)9-6-10-18-14/h4-5,7-8,13,16H,3,6,9-10,15H2,1-2H3. The molecule has 3 N–H and O–H groups in total. The van der Waals surface area contributed by atoms with Crippen molar-refractivity contribution in [2.45, 2.75) is 37.5 Å². The molecule has 0 spiro atoms. The summed E-state index contributed by atoms with van der Waals surface area (Å²) in [5, 5.41) is 0. The van der Waals surface area contributed by atoms with Gasteiger partial charge in [-0.25, -0.2) is 0 Å². The lowest BCUT2D eigenvalue weighted by Gasteiger charge is -2.34. The number of benzene rings is 1. The van der Waals surface area contributed by atoms with Crippen molar-refractivity contribution in [1.82, 2.24) is 5.43 Å². The first-order chi connectivity index (χ1) is 8.71. The molecule has 1 heterocycles. The van der Waals surface area contributed by atoms with Gasteiger partial charge in [0.2, 0.25) is 0 Å². The zero-order valence-corrected chi connectivity index (χ0v) is 11.9. The van der Waals surface area contributed by atoms with E-state index in [1.54, 1.807) is 0 Å². The molecule has 3 nitrogen and oxygen atoms in total. The highest BCUT2D eigenvalue weighted by Gasteiger charge is 2.39. The average Bonchev–Trinajstić information content (AvgIpc) is 2.80. The summed E-state index contributed by atoms with van der Waals surface area (Å²) >= 11 is 2.00. The molecule has 2 unspecified atom stereocenters. The maximum Gasteiger partial charge on any atom is 0.124 e. The van der Waals surface area contributed by atoms with E-state index in [9.17, 15) is 0 Å². The summed E-state index contributed by atoms with van der Waals surface area (Å²) in [5.41, 5.74) is 4.16. The van der Waals surface area contributed by atoms with Crippen LogP contribution in [0.25, 0.3) is 0 Å². The Morgan fingerprint density at radius 1 is 1.50 bits per heavy atom. The third kappa shape index (κ3) is 2.66. The van der Waals surface area contributed by atoms with Crippen molar-refractivity contribution in [2.24, 2.45) is 5.84 Å². The largest absolute Gasteiger partial charge is 0.494 e. The van der Waals surface area contributed by atoms with Gasteiger partial charge in [0, 0.05) is 10.3 Å². The van der Waals surface area contributed by atoms with Crippen molar-refractivity contribution in [1.29, 1.82) is 0 Å². The minimum atomic E-state index is 0.132. The van der Waals surface area contributed by atoms with Crippen LogP contribution in [0.2, 0.25) is 0 Å². The summed E-state index contributed by atoms with van der Waals surface area (Å²) in [6, 6.07) is 8.32. The van der Waals surface area contributed by atoms with Crippen LogP contribution in [0.3, 0.4) is 0 Å². The van der Waals surface area contributed by atoms with E-state index in [1.165, 1.54) is 24.2 Å². The van der Waals surface area contributed by atoms with Crippen LogP contribution in [0.1, 0.15) is 38.3 Å². The molecule has 0 bridgehead atoms. The minimum Gasteiger partial charge on any atom is -0.494 e. The normalized spacial score (nSPS) is 25.1. The molecule has 1 aliphatic rings. The van der Waals surface area contributed by atoms with Gasteiger partial charge < -0.3 is 4.74 Å². The minimum absolute atomic E-state index is 0.132. The van der Waals surface area contributed by atoms with Gasteiger partial charge in [-0.05, 0) is 38.5 Å². The zero-order chi connectivity index (χ0) is 13.0. The number of rotatable bonds is 5. The van der Waals surface area contributed by atoms with Gasteiger partial charge >= 0.3 is 0 Å². The van der Waals surface area contributed by atoms with E-state index in [-0.39, 0.29) is 10.8 Å². The Labute approximate surface area is 113 Å². The second kappa shape index (κ2) is 5.95. The molecule has 0 radical (unpaired) electrons. The fourth-order valence-electron chi connectivity index (χ4n) is 2.63. The zero-order valence-electron chi connectivity index (χ0n) is 11.1. The summed E-state index contributed by atoms with van der Waals surface area (Å²) in [4.78, 5) is 0. The molecule has 18 heavy (non-hydrogen) atoms. The van der Waals surface area contributed by atoms with E-state index in [4.69, 9.17) is 10.6 Å². The van der Waals surface area contributed by atoms with Crippen LogP contribution in [-0.4, -0.2) is 17.1 Å². The molecule has 2 rings (SSSR count). The summed E-state index contributed by atoms with van der Waals surface area (Å²) in [6.07, 6.45) is 2.45. The molecule has 0 aliphatic carbocycles. The summed E-state index contributed by atoms with van der Waals surface area (Å²) in [5.74, 6) is 7.97. The third-order valence-electron chi connectivity index (χ3n) is 3.56. The SMILES string of the molecule is CCOc1ccccc1C(NN)C1(C)CCCS1. The van der Waals surface area contributed by atoms with Gasteiger partial charge in [-0.1, -0.05) is 18.2 Å². The lowest BCUT2D eigenvalue weighted by Crippen LogP contribution is -2.41. The summed E-state index contributed by atoms with van der Waals surface area (Å²) in [7, 11) is 0. The molecular formula is C14H22N2OS. The Hall–Kier alpha value is -0.710. The molecule has 0 amide bonds. The molecule has 1 fully saturated rings. The first-order valence-corrected chi connectivity index (χ1v) is 7.51. The number of thioether (sulfide) groups is 1. The van der Waals surface area contributed by atoms with Crippen LogP contribution in [0.5, 0.6) is 5.75 Å². The average molecular weight is 266 g/mol. The molecule has 1 aliphatic heterocycles. The monoisotopic (exact) mass is 266 g/mol. The van der Waals surface area contributed by atoms with E-state index in [0.29, 0.717) is 6.61 Å². The van der Waals surface area contributed by atoms with E-state index < -0.39 is 0 Å². The van der Waals surface area contributed by atoms with Crippen LogP contribution in [0.15, 0.2) is 24.3 Å². The van der Waals surface area contributed by atoms with Crippen LogP contribution in [0.4, 0.5) is 0 Å². The fourth-order valence-corrected chi connectivity index (χ4v) is 4.03. The molecule has 4 heteroatoms. The Kier molecular flexibility index (Phi) is 4.54. The Bertz CT molecular complexity index is 391. The number of hydrazine groups is 1. The highest BCUT2D eigenvalue weighted by atomic mass is 32.2. The Morgan fingerprint density at radius 3 is 2.89 bits per heavy atom. The summed E-state index contributed by atoms with van der Waals surface area (Å²) < 4.78 is 5.87. The highest BCUT2D eigenvalue weighted by Crippen LogP contribution is 2.47. The van der Waals surface area contributed by atoms with Crippen LogP contribution in [0, 0.1) is 0 Å². The molecule has 2 atom stereocenters. The second-order valence-electron chi connectivity index (χ2n) is 4.84. The van der Waals surface area contributed by atoms with Gasteiger partial charge in [0.1, 0.15) is 5.75 Å². The molecule has 100 valence electrons. The van der Waals surface area contributed by atoms with Crippen LogP contribution < -0.4 is 16.0 Å². The molecule has 1 aromatic rings. The third-order valence-corrected chi connectivity index (χ3v) is 5.15. The lowest BCUT2D eigenvalue weighted by molar-refractivity contribution is 0.323. The first-order valence-electron chi connectivity index (χ1n) is 6.53. The lowest BCUT2D eigenvalue weighted by atomic mass is 9.90. The molecular weight excluding hydrogens is 244 g/mol. The first kappa shape index (κ1) is 13.7. The number of nitrogens with one attached hydrogen (secondary N) is 1. The molecule has 0 saturated carbocycles. The van der Waals surface area contributed by atoms with Gasteiger partial charge in [0.15, 0.2) is 0 Å². The van der Waals surface area contributed by atoms with Crippen molar-refractivity contribution < 1.29 is 4.74 Å². The molecule has 0 aromatic heterocycles. The Balaban J connectivity index is 2.32. The number of hydrogen-bond donors (Lipinski definition) is 2. The molecule has 1 saturated heterocycles.